The van der Waals surface area contributed by atoms with Crippen LogP contribution in [0.15, 0.2) is 59.9 Å². The van der Waals surface area contributed by atoms with E-state index in [1.807, 2.05) is 0 Å². The zero-order valence-corrected chi connectivity index (χ0v) is 15.5. The number of imidazole rings is 1. The molecule has 0 bridgehead atoms. The Balaban J connectivity index is 2.04. The number of fused-ring (bicyclic) bond motifs is 1. The first kappa shape index (κ1) is 21.1. The van der Waals surface area contributed by atoms with Crippen LogP contribution in [0, 0.1) is 4.78 Å². The first-order valence-corrected chi connectivity index (χ1v) is 9.51. The zero-order valence-electron chi connectivity index (χ0n) is 14.7. The molecule has 3 rings (SSSR count). The van der Waals surface area contributed by atoms with Crippen molar-refractivity contribution in [2.75, 3.05) is 7.05 Å². The number of hydrogen-bond donors (Lipinski definition) is 1. The summed E-state index contributed by atoms with van der Waals surface area (Å²) in [7, 11) is -3.29. The molecule has 0 spiro atoms. The maximum absolute atomic E-state index is 13.8. The molecule has 2 heterocycles. The molecule has 0 saturated heterocycles. The summed E-state index contributed by atoms with van der Waals surface area (Å²) in [6.07, 6.45) is -5.30. The molecule has 3 aromatic rings. The maximum Gasteiger partial charge on any atom is 0.416 e. The van der Waals surface area contributed by atoms with Gasteiger partial charge in [-0.05, 0) is 29.8 Å². The normalized spacial score (nSPS) is 16.1. The standard InChI is InChI=1S/C17H14F6N4OS/c1-26(29(24,28)13-6-8-27-9-7-25-14(27)10-13)15(17(21,22)23)11-2-4-12(5-3-11)16(18,19)20/h2-10,15,24H,1H3/t15-,29?/m1/s1. The van der Waals surface area contributed by atoms with Crippen LogP contribution in [0.3, 0.4) is 0 Å². The molecule has 0 aliphatic rings. The molecular formula is C17H14F6N4OS. The van der Waals surface area contributed by atoms with Crippen molar-refractivity contribution >= 4 is 15.6 Å². The number of nitrogens with zero attached hydrogens (tertiary/aromatic N) is 3. The van der Waals surface area contributed by atoms with E-state index in [2.05, 4.69) is 4.98 Å². The largest absolute Gasteiger partial charge is 0.416 e. The Morgan fingerprint density at radius 1 is 1.07 bits per heavy atom. The third kappa shape index (κ3) is 4.08. The smallest absolute Gasteiger partial charge is 0.307 e. The first-order valence-electron chi connectivity index (χ1n) is 8.00. The predicted octanol–water partition coefficient (Wildman–Crippen LogP) is 4.91. The molecule has 29 heavy (non-hydrogen) atoms. The highest BCUT2D eigenvalue weighted by Crippen LogP contribution is 2.40. The number of halogens is 6. The lowest BCUT2D eigenvalue weighted by Gasteiger charge is -2.31. The van der Waals surface area contributed by atoms with E-state index in [1.165, 1.54) is 28.9 Å². The average Bonchev–Trinajstić information content (AvgIpc) is 3.08. The molecule has 0 aliphatic heterocycles. The van der Waals surface area contributed by atoms with Gasteiger partial charge in [-0.3, -0.25) is 0 Å². The molecule has 0 radical (unpaired) electrons. The van der Waals surface area contributed by atoms with E-state index in [9.17, 15) is 30.6 Å². The lowest BCUT2D eigenvalue weighted by Crippen LogP contribution is -2.39. The van der Waals surface area contributed by atoms with Crippen LogP contribution in [0.1, 0.15) is 17.2 Å². The van der Waals surface area contributed by atoms with Crippen LogP contribution in [0.5, 0.6) is 0 Å². The van der Waals surface area contributed by atoms with Crippen LogP contribution < -0.4 is 0 Å². The molecule has 5 nitrogen and oxygen atoms in total. The van der Waals surface area contributed by atoms with E-state index < -0.39 is 39.4 Å². The number of pyridine rings is 1. The van der Waals surface area contributed by atoms with Gasteiger partial charge in [0, 0.05) is 25.6 Å². The van der Waals surface area contributed by atoms with Gasteiger partial charge in [-0.15, -0.1) is 0 Å². The van der Waals surface area contributed by atoms with Crippen molar-refractivity contribution in [1.29, 1.82) is 4.78 Å². The fourth-order valence-corrected chi connectivity index (χ4v) is 4.22. The highest BCUT2D eigenvalue weighted by molar-refractivity contribution is 7.90. The summed E-state index contributed by atoms with van der Waals surface area (Å²) in [5.41, 5.74) is -1.38. The number of aromatic nitrogens is 2. The van der Waals surface area contributed by atoms with Gasteiger partial charge in [0.15, 0.2) is 0 Å². The van der Waals surface area contributed by atoms with E-state index in [1.54, 1.807) is 6.20 Å². The molecular weight excluding hydrogens is 422 g/mol. The van der Waals surface area contributed by atoms with E-state index in [4.69, 9.17) is 4.78 Å². The number of rotatable bonds is 4. The zero-order chi connectivity index (χ0) is 21.6. The van der Waals surface area contributed by atoms with Gasteiger partial charge in [0.1, 0.15) is 21.6 Å². The van der Waals surface area contributed by atoms with Gasteiger partial charge in [0.2, 0.25) is 0 Å². The minimum atomic E-state index is -4.99. The van der Waals surface area contributed by atoms with Crippen molar-refractivity contribution in [3.8, 4) is 0 Å². The van der Waals surface area contributed by atoms with Gasteiger partial charge in [0.05, 0.1) is 10.5 Å². The Morgan fingerprint density at radius 3 is 2.24 bits per heavy atom. The summed E-state index contributed by atoms with van der Waals surface area (Å²) in [5, 5.41) is 0. The molecule has 1 unspecified atom stereocenters. The van der Waals surface area contributed by atoms with Gasteiger partial charge in [0.25, 0.3) is 0 Å². The number of hydrogen-bond acceptors (Lipinski definition) is 3. The summed E-state index contributed by atoms with van der Waals surface area (Å²) < 4.78 is 102. The summed E-state index contributed by atoms with van der Waals surface area (Å²) in [5.74, 6) is 0. The van der Waals surface area contributed by atoms with Crippen molar-refractivity contribution in [1.82, 2.24) is 13.7 Å². The quantitative estimate of drug-likeness (QED) is 0.591. The second-order valence-electron chi connectivity index (χ2n) is 6.19. The van der Waals surface area contributed by atoms with Crippen molar-refractivity contribution in [2.45, 2.75) is 23.3 Å². The van der Waals surface area contributed by atoms with Crippen molar-refractivity contribution in [3.63, 3.8) is 0 Å². The minimum Gasteiger partial charge on any atom is -0.307 e. The van der Waals surface area contributed by atoms with Crippen LogP contribution >= 0.6 is 0 Å². The maximum atomic E-state index is 13.8. The molecule has 2 atom stereocenters. The predicted molar refractivity (Wildman–Crippen MR) is 92.3 cm³/mol. The third-order valence-corrected chi connectivity index (χ3v) is 6.24. The summed E-state index contributed by atoms with van der Waals surface area (Å²) >= 11 is 0. The number of nitrogens with one attached hydrogen (secondary N) is 1. The fourth-order valence-electron chi connectivity index (χ4n) is 2.84. The van der Waals surface area contributed by atoms with Gasteiger partial charge in [-0.25, -0.2) is 18.3 Å². The summed E-state index contributed by atoms with van der Waals surface area (Å²) in [6, 6.07) is 2.29. The first-order chi connectivity index (χ1) is 13.3. The SMILES string of the molecule is CN([C@H](c1ccc(C(F)(F)F)cc1)C(F)(F)F)S(=N)(=O)c1ccn2ccnc2c1. The van der Waals surface area contributed by atoms with E-state index in [0.29, 0.717) is 28.6 Å². The third-order valence-electron chi connectivity index (χ3n) is 4.32. The summed E-state index contributed by atoms with van der Waals surface area (Å²) in [4.78, 5) is 3.74. The van der Waals surface area contributed by atoms with Crippen LogP contribution in [0.25, 0.3) is 5.65 Å². The molecule has 12 heteroatoms. The molecule has 0 fully saturated rings. The highest BCUT2D eigenvalue weighted by atomic mass is 32.2. The van der Waals surface area contributed by atoms with Crippen molar-refractivity contribution in [2.24, 2.45) is 0 Å². The van der Waals surface area contributed by atoms with Crippen LogP contribution in [-0.2, 0) is 16.1 Å². The van der Waals surface area contributed by atoms with Crippen molar-refractivity contribution < 1.29 is 30.6 Å². The molecule has 0 aliphatic carbocycles. The Hall–Kier alpha value is -2.60. The Morgan fingerprint density at radius 2 is 1.69 bits per heavy atom. The minimum absolute atomic E-state index is 0.208. The summed E-state index contributed by atoms with van der Waals surface area (Å²) in [6.45, 7) is 0. The van der Waals surface area contributed by atoms with E-state index in [0.717, 1.165) is 7.05 Å². The Labute approximate surface area is 161 Å². The molecule has 156 valence electrons. The van der Waals surface area contributed by atoms with Gasteiger partial charge in [-0.1, -0.05) is 12.1 Å². The van der Waals surface area contributed by atoms with Crippen LogP contribution in [-0.4, -0.2) is 31.1 Å². The van der Waals surface area contributed by atoms with Crippen LogP contribution in [0.4, 0.5) is 26.3 Å². The van der Waals surface area contributed by atoms with Crippen molar-refractivity contribution in [3.05, 3.63) is 66.1 Å². The van der Waals surface area contributed by atoms with Gasteiger partial charge in [-0.2, -0.15) is 26.3 Å². The topological polar surface area (TPSA) is 61.5 Å². The van der Waals surface area contributed by atoms with Gasteiger partial charge >= 0.3 is 12.4 Å². The molecule has 2 aromatic heterocycles. The van der Waals surface area contributed by atoms with Gasteiger partial charge < -0.3 is 4.40 Å². The second kappa shape index (κ2) is 7.02. The number of alkyl halides is 6. The molecule has 0 saturated carbocycles. The monoisotopic (exact) mass is 436 g/mol. The Kier molecular flexibility index (Phi) is 5.11. The molecule has 0 amide bonds. The lowest BCUT2D eigenvalue weighted by atomic mass is 10.0. The number of benzene rings is 1. The molecule has 1 N–H and O–H groups in total. The van der Waals surface area contributed by atoms with E-state index in [-0.39, 0.29) is 10.5 Å². The average molecular weight is 436 g/mol. The fraction of sp³-hybridized carbons (Fsp3) is 0.235. The lowest BCUT2D eigenvalue weighted by molar-refractivity contribution is -0.170. The van der Waals surface area contributed by atoms with E-state index >= 15 is 0 Å². The Bertz CT molecular complexity index is 1120. The van der Waals surface area contributed by atoms with Crippen LogP contribution in [0.2, 0.25) is 0 Å². The second-order valence-corrected chi connectivity index (χ2v) is 8.29. The highest BCUT2D eigenvalue weighted by Gasteiger charge is 2.47. The molecule has 1 aromatic carbocycles.